The van der Waals surface area contributed by atoms with Crippen LogP contribution in [-0.4, -0.2) is 32.1 Å². The predicted molar refractivity (Wildman–Crippen MR) is 158 cm³/mol. The molecule has 0 saturated heterocycles. The summed E-state index contributed by atoms with van der Waals surface area (Å²) in [6, 6.07) is 36.5. The molecule has 0 aliphatic heterocycles. The fourth-order valence-corrected chi connectivity index (χ4v) is 6.79. The van der Waals surface area contributed by atoms with E-state index in [4.69, 9.17) is 8.39 Å². The molecule has 0 unspecified atom stereocenters. The molecule has 186 valence electrons. The Morgan fingerprint density at radius 1 is 0.595 bits per heavy atom. The maximum Gasteiger partial charge on any atom is 0.310 e. The summed E-state index contributed by atoms with van der Waals surface area (Å²) in [7, 11) is 4.91. The lowest BCUT2D eigenvalue weighted by atomic mass is 9.99. The van der Waals surface area contributed by atoms with Crippen LogP contribution < -0.4 is 4.67 Å². The summed E-state index contributed by atoms with van der Waals surface area (Å²) in [4.78, 5) is 2.25. The van der Waals surface area contributed by atoms with Gasteiger partial charge in [0, 0.05) is 23.9 Å². The zero-order chi connectivity index (χ0) is 25.5. The summed E-state index contributed by atoms with van der Waals surface area (Å²) in [5.41, 5.74) is 2.95. The summed E-state index contributed by atoms with van der Waals surface area (Å²) in [6.45, 7) is 2.25. The molecule has 2 atom stereocenters. The molecule has 0 amide bonds. The monoisotopic (exact) mass is 506 g/mol. The largest absolute Gasteiger partial charge is 0.408 e. The molecule has 6 aromatic rings. The molecule has 0 radical (unpaired) electrons. The molecular weight excluding hydrogens is 475 g/mol. The number of likely N-dealkylation sites (N-methyl/N-ethyl adjacent to an activating group) is 2. The normalized spacial score (nSPS) is 13.7. The van der Waals surface area contributed by atoms with Gasteiger partial charge in [0.15, 0.2) is 0 Å². The minimum absolute atomic E-state index is 0.0771. The van der Waals surface area contributed by atoms with Crippen molar-refractivity contribution in [3.63, 3.8) is 0 Å². The van der Waals surface area contributed by atoms with Gasteiger partial charge in [-0.1, -0.05) is 91.0 Å². The van der Waals surface area contributed by atoms with Gasteiger partial charge in [0.05, 0.1) is 6.04 Å². The van der Waals surface area contributed by atoms with E-state index in [1.54, 1.807) is 0 Å². The van der Waals surface area contributed by atoms with Crippen molar-refractivity contribution in [1.82, 2.24) is 4.90 Å². The smallest absolute Gasteiger partial charge is 0.310 e. The number of nitrogens with zero attached hydrogens (tertiary/aromatic N) is 2. The summed E-state index contributed by atoms with van der Waals surface area (Å²) in [5.74, 6) is 0. The quantitative estimate of drug-likeness (QED) is 0.234. The first-order chi connectivity index (χ1) is 18.0. The summed E-state index contributed by atoms with van der Waals surface area (Å²) in [5, 5.41) is 6.91. The number of fused-ring (bicyclic) bond motifs is 7. The van der Waals surface area contributed by atoms with E-state index in [2.05, 4.69) is 141 Å². The molecule has 0 aliphatic carbocycles. The van der Waals surface area contributed by atoms with Crippen molar-refractivity contribution in [3.05, 3.63) is 109 Å². The molecule has 6 rings (SSSR count). The Kier molecular flexibility index (Phi) is 6.26. The van der Waals surface area contributed by atoms with Gasteiger partial charge in [0.1, 0.15) is 11.2 Å². The van der Waals surface area contributed by atoms with Crippen molar-refractivity contribution < 1.29 is 8.39 Å². The highest BCUT2D eigenvalue weighted by Crippen LogP contribution is 2.44. The van der Waals surface area contributed by atoms with E-state index in [1.165, 1.54) is 27.1 Å². The minimum Gasteiger partial charge on any atom is -0.408 e. The number of rotatable bonds is 5. The first-order valence-corrected chi connectivity index (χ1v) is 13.8. The van der Waals surface area contributed by atoms with Gasteiger partial charge < -0.3 is 13.3 Å². The van der Waals surface area contributed by atoms with Crippen LogP contribution in [0.5, 0.6) is 0 Å². The van der Waals surface area contributed by atoms with E-state index < -0.39 is 8.16 Å². The summed E-state index contributed by atoms with van der Waals surface area (Å²) in [6.07, 6.45) is 0. The van der Waals surface area contributed by atoms with Gasteiger partial charge in [-0.25, -0.2) is 0 Å². The zero-order valence-electron chi connectivity index (χ0n) is 21.6. The second-order valence-corrected chi connectivity index (χ2v) is 11.3. The Hall–Kier alpha value is -3.56. The molecule has 37 heavy (non-hydrogen) atoms. The first-order valence-electron chi connectivity index (χ1n) is 12.7. The molecule has 5 aromatic carbocycles. The highest BCUT2D eigenvalue weighted by atomic mass is 31.1. The first kappa shape index (κ1) is 23.8. The Balaban J connectivity index is 1.71. The van der Waals surface area contributed by atoms with Crippen molar-refractivity contribution in [1.29, 1.82) is 0 Å². The van der Waals surface area contributed by atoms with E-state index in [-0.39, 0.29) is 12.1 Å². The third kappa shape index (κ3) is 4.22. The average Bonchev–Trinajstić information content (AvgIpc) is 3.11. The van der Waals surface area contributed by atoms with E-state index in [1.807, 2.05) is 0 Å². The molecule has 1 aromatic heterocycles. The van der Waals surface area contributed by atoms with E-state index in [0.29, 0.717) is 0 Å². The molecule has 0 saturated carbocycles. The number of benzene rings is 5. The standard InChI is InChI=1S/C32H31N2O2P/c1-22(33(2)3)32(25-14-6-5-7-15-25)34(4)37-35-28-20-18-23-12-8-10-16-26(23)30(28)31-27-17-11-9-13-24(27)19-21-29(31)36-37/h5-22,32H,1-4H3/t22-,32-/m1/s1. The molecule has 5 heteroatoms. The van der Waals surface area contributed by atoms with Gasteiger partial charge in [-0.15, -0.1) is 0 Å². The third-order valence-corrected chi connectivity index (χ3v) is 8.93. The van der Waals surface area contributed by atoms with Gasteiger partial charge in [-0.05, 0) is 60.3 Å². The SMILES string of the molecule is C[C@H]([C@H](c1ccccc1)N(C)p1oc2ccc3ccccc3c2c2c(ccc3ccccc32)o1)N(C)C. The zero-order valence-corrected chi connectivity index (χ0v) is 22.5. The van der Waals surface area contributed by atoms with Gasteiger partial charge in [0.2, 0.25) is 0 Å². The molecule has 1 heterocycles. The Bertz CT molecular complexity index is 1660. The molecule has 4 nitrogen and oxygen atoms in total. The third-order valence-electron chi connectivity index (χ3n) is 7.46. The van der Waals surface area contributed by atoms with Gasteiger partial charge >= 0.3 is 8.16 Å². The van der Waals surface area contributed by atoms with Gasteiger partial charge in [0.25, 0.3) is 0 Å². The van der Waals surface area contributed by atoms with Crippen LogP contribution in [0.3, 0.4) is 0 Å². The minimum atomic E-state index is -1.46. The lowest BCUT2D eigenvalue weighted by Crippen LogP contribution is -2.39. The van der Waals surface area contributed by atoms with Crippen LogP contribution in [0.15, 0.2) is 112 Å². The summed E-state index contributed by atoms with van der Waals surface area (Å²) < 4.78 is 16.0. The summed E-state index contributed by atoms with van der Waals surface area (Å²) >= 11 is 0. The highest BCUT2D eigenvalue weighted by Gasteiger charge is 2.29. The molecule has 0 spiro atoms. The van der Waals surface area contributed by atoms with Crippen LogP contribution in [0.1, 0.15) is 18.5 Å². The highest BCUT2D eigenvalue weighted by molar-refractivity contribution is 7.38. The molecule has 0 bridgehead atoms. The van der Waals surface area contributed by atoms with Crippen molar-refractivity contribution in [3.8, 4) is 0 Å². The van der Waals surface area contributed by atoms with Crippen molar-refractivity contribution >= 4 is 51.6 Å². The van der Waals surface area contributed by atoms with Crippen LogP contribution in [0.4, 0.5) is 0 Å². The molecule has 0 N–H and O–H groups in total. The fraction of sp³-hybridized carbons (Fsp3) is 0.188. The Labute approximate surface area is 218 Å². The van der Waals surface area contributed by atoms with E-state index >= 15 is 0 Å². The lowest BCUT2D eigenvalue weighted by molar-refractivity contribution is 0.272. The second-order valence-electron chi connectivity index (χ2n) is 9.87. The van der Waals surface area contributed by atoms with E-state index in [9.17, 15) is 0 Å². The Morgan fingerprint density at radius 3 is 1.59 bits per heavy atom. The molecule has 0 aliphatic rings. The van der Waals surface area contributed by atoms with Crippen molar-refractivity contribution in [2.75, 3.05) is 25.8 Å². The lowest BCUT2D eigenvalue weighted by Gasteiger charge is -2.34. The van der Waals surface area contributed by atoms with Crippen LogP contribution in [0.25, 0.3) is 43.5 Å². The van der Waals surface area contributed by atoms with Crippen LogP contribution in [-0.2, 0) is 0 Å². The van der Waals surface area contributed by atoms with Crippen LogP contribution >= 0.6 is 8.16 Å². The molecule has 0 fully saturated rings. The fourth-order valence-electron chi connectivity index (χ4n) is 5.33. The topological polar surface area (TPSA) is 32.8 Å². The molecular formula is C32H31N2O2P. The van der Waals surface area contributed by atoms with Crippen LogP contribution in [0.2, 0.25) is 0 Å². The van der Waals surface area contributed by atoms with Crippen molar-refractivity contribution in [2.45, 2.75) is 19.0 Å². The average molecular weight is 507 g/mol. The van der Waals surface area contributed by atoms with Gasteiger partial charge in [-0.2, -0.15) is 4.67 Å². The number of hydrogen-bond donors (Lipinski definition) is 0. The van der Waals surface area contributed by atoms with E-state index in [0.717, 1.165) is 21.9 Å². The van der Waals surface area contributed by atoms with Crippen LogP contribution in [0, 0.1) is 0 Å². The van der Waals surface area contributed by atoms with Crippen molar-refractivity contribution in [2.24, 2.45) is 0 Å². The number of hydrogen-bond acceptors (Lipinski definition) is 4. The second kappa shape index (κ2) is 9.72. The van der Waals surface area contributed by atoms with Gasteiger partial charge in [-0.3, -0.25) is 0 Å². The predicted octanol–water partition coefficient (Wildman–Crippen LogP) is 8.86. The Morgan fingerprint density at radius 2 is 1.08 bits per heavy atom. The maximum absolute atomic E-state index is 6.84. The maximum atomic E-state index is 6.84.